The number of hydrogen-bond acceptors (Lipinski definition) is 12. The molecule has 3 N–H and O–H groups in total. The molecule has 4 rings (SSSR count). The summed E-state index contributed by atoms with van der Waals surface area (Å²) in [7, 11) is 0. The number of nitrogens with one attached hydrogen (secondary N) is 3. The highest BCUT2D eigenvalue weighted by Gasteiger charge is 2.87. The van der Waals surface area contributed by atoms with Gasteiger partial charge in [-0.25, -0.2) is 0 Å². The lowest BCUT2D eigenvalue weighted by Gasteiger charge is -2.33. The minimum Gasteiger partial charge on any atom is -0.490 e. The van der Waals surface area contributed by atoms with Gasteiger partial charge in [0, 0.05) is 73.8 Å². The number of rotatable bonds is 48. The molecule has 1 aromatic heterocycles. The second-order valence-corrected chi connectivity index (χ2v) is 26.5. The van der Waals surface area contributed by atoms with Gasteiger partial charge in [-0.05, 0) is 74.9 Å². The lowest BCUT2D eigenvalue weighted by molar-refractivity contribution is -0.396. The van der Waals surface area contributed by atoms with E-state index in [-0.39, 0.29) is 18.2 Å². The van der Waals surface area contributed by atoms with Crippen molar-refractivity contribution in [2.24, 2.45) is 0 Å². The average Bonchev–Trinajstić information content (AvgIpc) is 0.769. The van der Waals surface area contributed by atoms with E-state index < -0.39 is 330 Å². The van der Waals surface area contributed by atoms with E-state index in [1.807, 2.05) is 0 Å². The molecule has 0 atom stereocenters. The predicted octanol–water partition coefficient (Wildman–Crippen LogP) is 26.9. The first-order chi connectivity index (χ1) is 57.4. The molecule has 0 aliphatic heterocycles. The van der Waals surface area contributed by atoms with Crippen molar-refractivity contribution in [3.05, 3.63) is 54.6 Å². The van der Waals surface area contributed by atoms with Crippen molar-refractivity contribution < 1.29 is 266 Å². The first-order valence-corrected chi connectivity index (χ1v) is 33.8. The molecule has 1 heterocycles. The van der Waals surface area contributed by atoms with Crippen LogP contribution in [0, 0.1) is 0 Å². The van der Waals surface area contributed by atoms with Gasteiger partial charge in [0.05, 0.1) is 39.6 Å². The number of alkyl halides is 54. The van der Waals surface area contributed by atoms with Gasteiger partial charge in [0.25, 0.3) is 0 Å². The van der Waals surface area contributed by atoms with E-state index in [9.17, 15) is 237 Å². The van der Waals surface area contributed by atoms with E-state index in [4.69, 9.17) is 28.4 Å². The number of hydrogen-bond donors (Lipinski definition) is 3. The maximum atomic E-state index is 14.6. The van der Waals surface area contributed by atoms with Crippen LogP contribution in [0.2, 0.25) is 0 Å². The Kier molecular flexibility index (Phi) is 32.8. The normalized spacial score (nSPS) is 14.8. The van der Waals surface area contributed by atoms with Crippen LogP contribution in [0.25, 0.3) is 0 Å². The molecule has 0 aliphatic rings. The summed E-state index contributed by atoms with van der Waals surface area (Å²) in [5.74, 6) is -139. The zero-order chi connectivity index (χ0) is 101. The fraction of sp³-hybridized carbons (Fsp3) is 0.667. The van der Waals surface area contributed by atoms with Gasteiger partial charge in [-0.3, -0.25) is 0 Å². The molecule has 12 nitrogen and oxygen atoms in total. The molecule has 0 fully saturated rings. The topological polar surface area (TPSA) is 130 Å². The average molecular weight is 2010 g/mol. The fourth-order valence-corrected chi connectivity index (χ4v) is 9.63. The number of halogens is 54. The van der Waals surface area contributed by atoms with Crippen LogP contribution >= 0.6 is 0 Å². The minimum absolute atomic E-state index is 0.286. The zero-order valence-electron chi connectivity index (χ0n) is 61.6. The molecule has 0 bridgehead atoms. The van der Waals surface area contributed by atoms with Crippen molar-refractivity contribution >= 4 is 34.9 Å². The first kappa shape index (κ1) is 112. The Hall–Kier alpha value is -8.91. The zero-order valence-corrected chi connectivity index (χ0v) is 61.6. The smallest absolute Gasteiger partial charge is 0.460 e. The van der Waals surface area contributed by atoms with Crippen LogP contribution in [0.5, 0.6) is 34.5 Å². The van der Waals surface area contributed by atoms with E-state index in [0.717, 1.165) is 0 Å². The van der Waals surface area contributed by atoms with Crippen LogP contribution in [-0.4, -0.2) is 198 Å². The van der Waals surface area contributed by atoms with Crippen molar-refractivity contribution in [3.8, 4) is 34.5 Å². The molecule has 3 aromatic carbocycles. The van der Waals surface area contributed by atoms with E-state index >= 15 is 0 Å². The maximum Gasteiger partial charge on any atom is 0.460 e. The summed E-state index contributed by atoms with van der Waals surface area (Å²) in [5, 5.41) is 6.22. The fourth-order valence-electron chi connectivity index (χ4n) is 9.63. The monoisotopic (exact) mass is 2010 g/mol. The van der Waals surface area contributed by atoms with Crippen molar-refractivity contribution in [1.82, 2.24) is 15.0 Å². The molecule has 0 spiro atoms. The van der Waals surface area contributed by atoms with Gasteiger partial charge in [0.2, 0.25) is 17.8 Å². The van der Waals surface area contributed by atoms with Gasteiger partial charge in [-0.15, -0.1) is 0 Å². The summed E-state index contributed by atoms with van der Waals surface area (Å²) in [6.07, 6.45) is -72.0. The van der Waals surface area contributed by atoms with Crippen molar-refractivity contribution in [1.29, 1.82) is 0 Å². The molecule has 0 unspecified atom stereocenters. The van der Waals surface area contributed by atoms with Crippen LogP contribution in [0.15, 0.2) is 54.6 Å². The van der Waals surface area contributed by atoms with E-state index in [2.05, 4.69) is 30.9 Å². The van der Waals surface area contributed by atoms with Crippen LogP contribution in [0.3, 0.4) is 0 Å². The third-order valence-corrected chi connectivity index (χ3v) is 16.8. The third kappa shape index (κ3) is 23.4. The van der Waals surface area contributed by atoms with Crippen LogP contribution in [0.1, 0.15) is 77.0 Å². The van der Waals surface area contributed by atoms with Crippen LogP contribution in [0.4, 0.5) is 272 Å². The molecule has 744 valence electrons. The van der Waals surface area contributed by atoms with Gasteiger partial charge in [-0.1, -0.05) is 0 Å². The van der Waals surface area contributed by atoms with E-state index in [1.54, 1.807) is 0 Å². The van der Waals surface area contributed by atoms with Gasteiger partial charge >= 0.3 is 144 Å². The largest absolute Gasteiger partial charge is 0.490 e. The Bertz CT molecular complexity index is 3910. The molecule has 66 heteroatoms. The molecular weight excluding hydrogens is 1960 g/mol. The third-order valence-electron chi connectivity index (χ3n) is 16.8. The molecular formula is C63H48F54N6O6. The lowest BCUT2D eigenvalue weighted by Crippen LogP contribution is -2.60. The quantitative estimate of drug-likeness (QED) is 0.0288. The molecule has 0 saturated heterocycles. The molecule has 129 heavy (non-hydrogen) atoms. The summed E-state index contributed by atoms with van der Waals surface area (Å²) in [6.45, 7) is -10.1. The molecule has 0 aliphatic carbocycles. The summed E-state index contributed by atoms with van der Waals surface area (Å²) >= 11 is 0. The number of anilines is 6. The van der Waals surface area contributed by atoms with Crippen LogP contribution in [-0.2, 0) is 0 Å². The summed E-state index contributed by atoms with van der Waals surface area (Å²) in [4.78, 5) is 11.1. The second kappa shape index (κ2) is 37.6. The summed E-state index contributed by atoms with van der Waals surface area (Å²) in [6, 6.07) is 3.33. The van der Waals surface area contributed by atoms with Gasteiger partial charge in [-0.2, -0.15) is 252 Å². The first-order valence-electron chi connectivity index (χ1n) is 33.8. The Morgan fingerprint density at radius 3 is 0.442 bits per heavy atom. The Morgan fingerprint density at radius 1 is 0.178 bits per heavy atom. The van der Waals surface area contributed by atoms with Crippen molar-refractivity contribution in [3.63, 3.8) is 0 Å². The second-order valence-electron chi connectivity index (χ2n) is 26.5. The van der Waals surface area contributed by atoms with Crippen molar-refractivity contribution in [2.45, 2.75) is 221 Å². The summed E-state index contributed by atoms with van der Waals surface area (Å²) in [5.41, 5.74) is -2.75. The highest BCUT2D eigenvalue weighted by Crippen LogP contribution is 2.62. The van der Waals surface area contributed by atoms with Crippen LogP contribution < -0.4 is 44.4 Å². The standard InChI is InChI=1S/C63H48F54N6O6/c64-40(65,46(76,77)52(88,89)58(100,101)102)13-1-19-124-31-10-7-28(25-34(31)127-22-4-16-43(70,71)49(82,83)55(94,95)61(109,110)111)118-37-121-38(119-29-8-11-32(125-20-2-14-41(66,67)47(78,79)53(90,91)59(103,104)105)35(26-29)128-23-5-17-44(72,73)50(84,85)56(96,97)62(112,113)114)123-39(122-37)120-30-9-12-33(126-21-3-15-42(68,69)48(80,81)54(92,93)60(106,107)108)36(27-30)129-24-6-18-45(74,75)51(86,87)57(98,99)63(115,116)117/h7-12,25-27H,1-6,13-24H2,(H3,118,119,120,121,122,123). The number of aromatic nitrogens is 3. The minimum atomic E-state index is -7.55. The number of benzene rings is 3. The Morgan fingerprint density at radius 2 is 0.310 bits per heavy atom. The highest BCUT2D eigenvalue weighted by atomic mass is 19.5. The molecule has 0 saturated carbocycles. The Labute approximate surface area is 680 Å². The number of nitrogens with zero attached hydrogens (tertiary/aromatic N) is 3. The molecule has 0 radical (unpaired) electrons. The molecule has 4 aromatic rings. The highest BCUT2D eigenvalue weighted by molar-refractivity contribution is 5.66. The predicted molar refractivity (Wildman–Crippen MR) is 323 cm³/mol. The van der Waals surface area contributed by atoms with Gasteiger partial charge in [0.1, 0.15) is 0 Å². The summed E-state index contributed by atoms with van der Waals surface area (Å²) < 4.78 is 768. The van der Waals surface area contributed by atoms with Gasteiger partial charge < -0.3 is 44.4 Å². The van der Waals surface area contributed by atoms with Crippen molar-refractivity contribution in [2.75, 3.05) is 55.6 Å². The SMILES string of the molecule is FC(F)(F)C(F)(F)C(F)(F)C(F)(F)CCCOc1ccc(Nc2nc(Nc3ccc(OCCCC(F)(F)C(F)(F)C(F)(F)C(F)(F)F)c(OCCCC(F)(F)C(F)(F)C(F)(F)C(F)(F)F)c3)nc(Nc3ccc(OCCCC(F)(F)C(F)(F)C(F)(F)C(F)(F)F)c(OCCCC(F)(F)C(F)(F)C(F)(F)C(F)(F)F)c3)n2)cc1OCCCC(F)(F)C(F)(F)C(F)(F)C(F)(F)F. The maximum absolute atomic E-state index is 14.6. The van der Waals surface area contributed by atoms with E-state index in [1.165, 1.54) is 0 Å². The Balaban J connectivity index is 2.02. The lowest BCUT2D eigenvalue weighted by atomic mass is 10.00. The van der Waals surface area contributed by atoms with E-state index in [0.29, 0.717) is 36.4 Å². The number of ether oxygens (including phenoxy) is 6. The molecule has 0 amide bonds. The van der Waals surface area contributed by atoms with Gasteiger partial charge in [0.15, 0.2) is 34.5 Å².